The minimum absolute atomic E-state index is 0.0643. The third kappa shape index (κ3) is 6.06. The van der Waals surface area contributed by atoms with Gasteiger partial charge in [0, 0.05) is 19.8 Å². The number of carbonyl (C=O) groups excluding carboxylic acids is 1. The van der Waals surface area contributed by atoms with Crippen LogP contribution in [0.2, 0.25) is 0 Å². The van der Waals surface area contributed by atoms with Crippen LogP contribution in [0.15, 0.2) is 24.3 Å². The van der Waals surface area contributed by atoms with E-state index in [2.05, 4.69) is 5.32 Å². The van der Waals surface area contributed by atoms with Crippen molar-refractivity contribution in [2.45, 2.75) is 39.7 Å². The van der Waals surface area contributed by atoms with Gasteiger partial charge in [-0.25, -0.2) is 0 Å². The molecule has 0 unspecified atom stereocenters. The number of rotatable bonds is 9. The normalized spacial score (nSPS) is 11.9. The fraction of sp³-hybridized carbons (Fsp3) is 0.562. The summed E-state index contributed by atoms with van der Waals surface area (Å²) in [4.78, 5) is 12.0. The molecular weight excluding hydrogens is 254 g/mol. The molecule has 1 rings (SSSR count). The van der Waals surface area contributed by atoms with E-state index in [4.69, 9.17) is 9.47 Å². The van der Waals surface area contributed by atoms with Crippen molar-refractivity contribution >= 4 is 5.91 Å². The van der Waals surface area contributed by atoms with E-state index in [1.807, 2.05) is 45.0 Å². The van der Waals surface area contributed by atoms with Crippen molar-refractivity contribution in [3.63, 3.8) is 0 Å². The van der Waals surface area contributed by atoms with Gasteiger partial charge < -0.3 is 14.8 Å². The van der Waals surface area contributed by atoms with E-state index in [-0.39, 0.29) is 5.91 Å². The lowest BCUT2D eigenvalue weighted by Crippen LogP contribution is -2.38. The molecule has 20 heavy (non-hydrogen) atoms. The number of benzene rings is 1. The summed E-state index contributed by atoms with van der Waals surface area (Å²) in [7, 11) is 0. The van der Waals surface area contributed by atoms with E-state index in [9.17, 15) is 4.79 Å². The smallest absolute Gasteiger partial charge is 0.261 e. The quantitative estimate of drug-likeness (QED) is 0.707. The van der Waals surface area contributed by atoms with Crippen LogP contribution in [0, 0.1) is 6.92 Å². The maximum absolute atomic E-state index is 12.0. The van der Waals surface area contributed by atoms with Gasteiger partial charge in [0.15, 0.2) is 6.10 Å². The third-order valence-corrected chi connectivity index (χ3v) is 2.90. The van der Waals surface area contributed by atoms with E-state index in [1.165, 1.54) is 0 Å². The summed E-state index contributed by atoms with van der Waals surface area (Å²) in [5, 5.41) is 2.88. The van der Waals surface area contributed by atoms with Gasteiger partial charge in [-0.3, -0.25) is 4.79 Å². The first-order chi connectivity index (χ1) is 9.67. The van der Waals surface area contributed by atoms with Crippen LogP contribution in [0.25, 0.3) is 0 Å². The van der Waals surface area contributed by atoms with Gasteiger partial charge in [0.25, 0.3) is 5.91 Å². The van der Waals surface area contributed by atoms with Crippen molar-refractivity contribution in [1.82, 2.24) is 5.32 Å². The van der Waals surface area contributed by atoms with Gasteiger partial charge in [0.05, 0.1) is 0 Å². The Morgan fingerprint density at radius 3 is 2.80 bits per heavy atom. The minimum atomic E-state index is -0.441. The number of hydrogen-bond donors (Lipinski definition) is 1. The predicted octanol–water partition coefficient (Wildman–Crippen LogP) is 2.70. The largest absolute Gasteiger partial charge is 0.481 e. The molecule has 1 N–H and O–H groups in total. The molecule has 0 aliphatic heterocycles. The number of aryl methyl sites for hydroxylation is 1. The second-order valence-electron chi connectivity index (χ2n) is 4.67. The number of hydrogen-bond acceptors (Lipinski definition) is 3. The van der Waals surface area contributed by atoms with Crippen LogP contribution in [0.3, 0.4) is 0 Å². The molecule has 0 aliphatic rings. The van der Waals surface area contributed by atoms with E-state index < -0.39 is 6.10 Å². The van der Waals surface area contributed by atoms with Gasteiger partial charge >= 0.3 is 0 Å². The summed E-state index contributed by atoms with van der Waals surface area (Å²) in [6.07, 6.45) is 1.02. The van der Waals surface area contributed by atoms with Crippen molar-refractivity contribution in [2.75, 3.05) is 19.8 Å². The highest BCUT2D eigenvalue weighted by Crippen LogP contribution is 2.15. The van der Waals surface area contributed by atoms with Gasteiger partial charge in [-0.2, -0.15) is 0 Å². The fourth-order valence-corrected chi connectivity index (χ4v) is 1.82. The Bertz CT molecular complexity index is 406. The summed E-state index contributed by atoms with van der Waals surface area (Å²) >= 11 is 0. The van der Waals surface area contributed by atoms with E-state index >= 15 is 0 Å². The molecule has 0 fully saturated rings. The summed E-state index contributed by atoms with van der Waals surface area (Å²) < 4.78 is 11.0. The zero-order chi connectivity index (χ0) is 14.8. The molecule has 0 heterocycles. The summed E-state index contributed by atoms with van der Waals surface area (Å²) in [6.45, 7) is 7.91. The number of ether oxygens (including phenoxy) is 2. The molecule has 0 bridgehead atoms. The zero-order valence-electron chi connectivity index (χ0n) is 12.6. The summed E-state index contributed by atoms with van der Waals surface area (Å²) in [5.74, 6) is 0.673. The molecule has 1 atom stereocenters. The molecule has 0 radical (unpaired) electrons. The van der Waals surface area contributed by atoms with Crippen LogP contribution >= 0.6 is 0 Å². The van der Waals surface area contributed by atoms with Crippen LogP contribution < -0.4 is 10.1 Å². The van der Waals surface area contributed by atoms with Gasteiger partial charge in [0.1, 0.15) is 5.75 Å². The van der Waals surface area contributed by atoms with Crippen molar-refractivity contribution in [1.29, 1.82) is 0 Å². The number of amides is 1. The molecule has 1 aromatic carbocycles. The lowest BCUT2D eigenvalue weighted by atomic mass is 10.2. The Balaban J connectivity index is 2.39. The van der Waals surface area contributed by atoms with Crippen LogP contribution in [0.4, 0.5) is 0 Å². The maximum atomic E-state index is 12.0. The highest BCUT2D eigenvalue weighted by atomic mass is 16.5. The Morgan fingerprint density at radius 1 is 1.35 bits per heavy atom. The molecule has 4 heteroatoms. The molecule has 112 valence electrons. The topological polar surface area (TPSA) is 47.6 Å². The predicted molar refractivity (Wildman–Crippen MR) is 80.0 cm³/mol. The van der Waals surface area contributed by atoms with Crippen molar-refractivity contribution in [2.24, 2.45) is 0 Å². The summed E-state index contributed by atoms with van der Waals surface area (Å²) in [5.41, 5.74) is 1.12. The van der Waals surface area contributed by atoms with E-state index in [1.54, 1.807) is 0 Å². The molecule has 0 saturated carbocycles. The second-order valence-corrected chi connectivity index (χ2v) is 4.67. The first-order valence-electron chi connectivity index (χ1n) is 7.26. The average molecular weight is 279 g/mol. The molecule has 4 nitrogen and oxygen atoms in total. The number of nitrogens with one attached hydrogen (secondary N) is 1. The molecule has 0 spiro atoms. The van der Waals surface area contributed by atoms with Crippen molar-refractivity contribution < 1.29 is 14.3 Å². The van der Waals surface area contributed by atoms with Crippen molar-refractivity contribution in [3.05, 3.63) is 29.8 Å². The summed E-state index contributed by atoms with van der Waals surface area (Å²) in [6, 6.07) is 7.74. The highest BCUT2D eigenvalue weighted by Gasteiger charge is 2.17. The van der Waals surface area contributed by atoms with Crippen molar-refractivity contribution in [3.8, 4) is 5.75 Å². The van der Waals surface area contributed by atoms with Gasteiger partial charge in [-0.1, -0.05) is 19.1 Å². The first-order valence-corrected chi connectivity index (χ1v) is 7.26. The lowest BCUT2D eigenvalue weighted by molar-refractivity contribution is -0.128. The minimum Gasteiger partial charge on any atom is -0.481 e. The van der Waals surface area contributed by atoms with E-state index in [0.29, 0.717) is 26.2 Å². The van der Waals surface area contributed by atoms with Gasteiger partial charge in [0.2, 0.25) is 0 Å². The van der Waals surface area contributed by atoms with Gasteiger partial charge in [-0.05, 0) is 44.4 Å². The SMILES string of the molecule is CCOCCCNC(=O)[C@H](CC)Oc1cccc(C)c1. The van der Waals surface area contributed by atoms with Crippen LogP contribution in [-0.4, -0.2) is 31.8 Å². The Kier molecular flexibility index (Phi) is 7.73. The average Bonchev–Trinajstić information content (AvgIpc) is 2.44. The lowest BCUT2D eigenvalue weighted by Gasteiger charge is -2.17. The highest BCUT2D eigenvalue weighted by molar-refractivity contribution is 5.81. The van der Waals surface area contributed by atoms with Gasteiger partial charge in [-0.15, -0.1) is 0 Å². The molecule has 1 aromatic rings. The standard InChI is InChI=1S/C16H25NO3/c1-4-15(16(18)17-10-7-11-19-5-2)20-14-9-6-8-13(3)12-14/h6,8-9,12,15H,4-5,7,10-11H2,1-3H3,(H,17,18)/t15-/m0/s1. The Labute approximate surface area is 121 Å². The molecule has 1 amide bonds. The zero-order valence-corrected chi connectivity index (χ0v) is 12.6. The molecular formula is C16H25NO3. The third-order valence-electron chi connectivity index (χ3n) is 2.90. The maximum Gasteiger partial charge on any atom is 0.261 e. The Morgan fingerprint density at radius 2 is 2.15 bits per heavy atom. The monoisotopic (exact) mass is 279 g/mol. The fourth-order valence-electron chi connectivity index (χ4n) is 1.82. The number of carbonyl (C=O) groups is 1. The second kappa shape index (κ2) is 9.37. The Hall–Kier alpha value is -1.55. The molecule has 0 aromatic heterocycles. The molecule has 0 saturated heterocycles. The molecule has 0 aliphatic carbocycles. The van der Waals surface area contributed by atoms with Crippen LogP contribution in [0.1, 0.15) is 32.3 Å². The first kappa shape index (κ1) is 16.5. The van der Waals surface area contributed by atoms with E-state index in [0.717, 1.165) is 17.7 Å². The van der Waals surface area contributed by atoms with Crippen LogP contribution in [-0.2, 0) is 9.53 Å². The van der Waals surface area contributed by atoms with Crippen LogP contribution in [0.5, 0.6) is 5.75 Å².